The lowest BCUT2D eigenvalue weighted by atomic mass is 10.0. The molecule has 0 spiro atoms. The van der Waals surface area contributed by atoms with Gasteiger partial charge in [-0.25, -0.2) is 8.42 Å². The van der Waals surface area contributed by atoms with E-state index >= 15 is 0 Å². The molecule has 0 aliphatic carbocycles. The van der Waals surface area contributed by atoms with Crippen molar-refractivity contribution in [1.29, 1.82) is 0 Å². The third-order valence-corrected chi connectivity index (χ3v) is 6.39. The minimum absolute atomic E-state index is 0.0904. The topological polar surface area (TPSA) is 88.1 Å². The molecule has 1 saturated heterocycles. The van der Waals surface area contributed by atoms with Gasteiger partial charge in [-0.1, -0.05) is 26.0 Å². The highest BCUT2D eigenvalue weighted by Crippen LogP contribution is 2.23. The summed E-state index contributed by atoms with van der Waals surface area (Å²) in [6, 6.07) is 8.11. The van der Waals surface area contributed by atoms with Crippen molar-refractivity contribution in [1.82, 2.24) is 15.2 Å². The van der Waals surface area contributed by atoms with E-state index in [-0.39, 0.29) is 17.5 Å². The van der Waals surface area contributed by atoms with Crippen LogP contribution in [-0.4, -0.2) is 47.7 Å². The Balaban J connectivity index is 1.76. The first-order chi connectivity index (χ1) is 12.4. The lowest BCUT2D eigenvalue weighted by Crippen LogP contribution is -2.37. The van der Waals surface area contributed by atoms with Gasteiger partial charge in [0.25, 0.3) is 0 Å². The van der Waals surface area contributed by atoms with Crippen molar-refractivity contribution < 1.29 is 8.42 Å². The van der Waals surface area contributed by atoms with Gasteiger partial charge >= 0.3 is 0 Å². The Morgan fingerprint density at radius 1 is 1.27 bits per heavy atom. The molecule has 140 valence electrons. The zero-order valence-corrected chi connectivity index (χ0v) is 16.2. The molecule has 1 aromatic heterocycles. The zero-order valence-electron chi connectivity index (χ0n) is 15.4. The molecule has 1 unspecified atom stereocenters. The van der Waals surface area contributed by atoms with Crippen LogP contribution in [-0.2, 0) is 9.84 Å². The van der Waals surface area contributed by atoms with E-state index in [0.29, 0.717) is 30.6 Å². The van der Waals surface area contributed by atoms with Gasteiger partial charge in [0.15, 0.2) is 15.7 Å². The predicted molar refractivity (Wildman–Crippen MR) is 104 cm³/mol. The summed E-state index contributed by atoms with van der Waals surface area (Å²) in [5, 5.41) is 11.4. The molecule has 26 heavy (non-hydrogen) atoms. The largest absolute Gasteiger partial charge is 0.339 e. The van der Waals surface area contributed by atoms with Crippen LogP contribution in [0.15, 0.2) is 30.5 Å². The minimum Gasteiger partial charge on any atom is -0.339 e. The molecule has 3 rings (SSSR count). The van der Waals surface area contributed by atoms with E-state index < -0.39 is 9.84 Å². The van der Waals surface area contributed by atoms with Crippen molar-refractivity contribution in [3.63, 3.8) is 0 Å². The molecule has 2 aromatic rings. The Labute approximate surface area is 154 Å². The number of nitrogens with one attached hydrogen (secondary N) is 1. The smallest absolute Gasteiger partial charge is 0.247 e. The van der Waals surface area contributed by atoms with Gasteiger partial charge in [-0.2, -0.15) is 10.1 Å². The molecular formula is C18H25N5O2S. The SMILES string of the molecule is CCN(c1nncc(Nc2ccc(C(C)C)cc2)n1)C1CCS(=O)(=O)C1. The summed E-state index contributed by atoms with van der Waals surface area (Å²) in [5.41, 5.74) is 2.20. The van der Waals surface area contributed by atoms with Crippen LogP contribution in [0.2, 0.25) is 0 Å². The average molecular weight is 375 g/mol. The van der Waals surface area contributed by atoms with E-state index in [9.17, 15) is 8.42 Å². The molecule has 1 atom stereocenters. The van der Waals surface area contributed by atoms with Gasteiger partial charge in [0, 0.05) is 18.3 Å². The van der Waals surface area contributed by atoms with Crippen molar-refractivity contribution in [3.05, 3.63) is 36.0 Å². The maximum absolute atomic E-state index is 11.8. The first-order valence-corrected chi connectivity index (χ1v) is 10.7. The maximum Gasteiger partial charge on any atom is 0.247 e. The van der Waals surface area contributed by atoms with Crippen molar-refractivity contribution >= 4 is 27.3 Å². The summed E-state index contributed by atoms with van der Waals surface area (Å²) in [6.45, 7) is 6.92. The molecular weight excluding hydrogens is 350 g/mol. The highest BCUT2D eigenvalue weighted by Gasteiger charge is 2.33. The fourth-order valence-electron chi connectivity index (χ4n) is 3.16. The van der Waals surface area contributed by atoms with Crippen LogP contribution >= 0.6 is 0 Å². The summed E-state index contributed by atoms with van der Waals surface area (Å²) in [5.74, 6) is 1.91. The van der Waals surface area contributed by atoms with Crippen LogP contribution in [0.25, 0.3) is 0 Å². The van der Waals surface area contributed by atoms with E-state index in [1.165, 1.54) is 5.56 Å². The van der Waals surface area contributed by atoms with Crippen LogP contribution in [0.5, 0.6) is 0 Å². The lowest BCUT2D eigenvalue weighted by Gasteiger charge is -2.26. The first kappa shape index (κ1) is 18.6. The number of benzene rings is 1. The molecule has 1 aliphatic rings. The maximum atomic E-state index is 11.8. The van der Waals surface area contributed by atoms with Gasteiger partial charge < -0.3 is 10.2 Å². The molecule has 2 heterocycles. The van der Waals surface area contributed by atoms with E-state index in [1.807, 2.05) is 24.0 Å². The Morgan fingerprint density at radius 2 is 2.00 bits per heavy atom. The van der Waals surface area contributed by atoms with E-state index in [4.69, 9.17) is 0 Å². The van der Waals surface area contributed by atoms with Crippen molar-refractivity contribution in [2.75, 3.05) is 28.3 Å². The van der Waals surface area contributed by atoms with Crippen LogP contribution in [0.4, 0.5) is 17.5 Å². The van der Waals surface area contributed by atoms with Crippen LogP contribution < -0.4 is 10.2 Å². The molecule has 0 bridgehead atoms. The van der Waals surface area contributed by atoms with E-state index in [2.05, 4.69) is 46.5 Å². The number of hydrogen-bond donors (Lipinski definition) is 1. The molecule has 1 aromatic carbocycles. The number of nitrogens with zero attached hydrogens (tertiary/aromatic N) is 4. The summed E-state index contributed by atoms with van der Waals surface area (Å²) < 4.78 is 23.6. The predicted octanol–water partition coefficient (Wildman–Crippen LogP) is 2.75. The first-order valence-electron chi connectivity index (χ1n) is 8.91. The standard InChI is InChI=1S/C18H25N5O2S/c1-4-23(16-9-10-26(24,25)12-16)18-21-17(11-19-22-18)20-15-7-5-14(6-8-15)13(2)3/h5-8,11,13,16H,4,9-10,12H2,1-3H3,(H,20,21,22). The molecule has 0 amide bonds. The van der Waals surface area contributed by atoms with Crippen LogP contribution in [0, 0.1) is 0 Å². The Hall–Kier alpha value is -2.22. The molecule has 1 N–H and O–H groups in total. The van der Waals surface area contributed by atoms with Gasteiger partial charge in [0.1, 0.15) is 0 Å². The fraction of sp³-hybridized carbons (Fsp3) is 0.500. The summed E-state index contributed by atoms with van der Waals surface area (Å²) in [7, 11) is -2.96. The van der Waals surface area contributed by atoms with Gasteiger partial charge in [-0.15, -0.1) is 5.10 Å². The zero-order chi connectivity index (χ0) is 18.7. The molecule has 0 saturated carbocycles. The number of aromatic nitrogens is 3. The number of sulfone groups is 1. The highest BCUT2D eigenvalue weighted by molar-refractivity contribution is 7.91. The van der Waals surface area contributed by atoms with Gasteiger partial charge in [0.05, 0.1) is 17.7 Å². The fourth-order valence-corrected chi connectivity index (χ4v) is 4.89. The van der Waals surface area contributed by atoms with Crippen molar-refractivity contribution in [2.45, 2.75) is 39.2 Å². The molecule has 1 aliphatic heterocycles. The number of rotatable bonds is 6. The van der Waals surface area contributed by atoms with Crippen molar-refractivity contribution in [2.24, 2.45) is 0 Å². The van der Waals surface area contributed by atoms with Gasteiger partial charge in [-0.05, 0) is 37.0 Å². The van der Waals surface area contributed by atoms with Crippen LogP contribution in [0.3, 0.4) is 0 Å². The molecule has 7 nitrogen and oxygen atoms in total. The highest BCUT2D eigenvalue weighted by atomic mass is 32.2. The van der Waals surface area contributed by atoms with Crippen molar-refractivity contribution in [3.8, 4) is 0 Å². The number of hydrogen-bond acceptors (Lipinski definition) is 7. The molecule has 0 radical (unpaired) electrons. The summed E-state index contributed by atoms with van der Waals surface area (Å²) in [6.07, 6.45) is 2.17. The Morgan fingerprint density at radius 3 is 2.58 bits per heavy atom. The third kappa shape index (κ3) is 4.30. The van der Waals surface area contributed by atoms with E-state index in [1.54, 1.807) is 6.20 Å². The molecule has 1 fully saturated rings. The Kier molecular flexibility index (Phi) is 5.41. The van der Waals surface area contributed by atoms with Crippen LogP contribution in [0.1, 0.15) is 38.7 Å². The summed E-state index contributed by atoms with van der Waals surface area (Å²) in [4.78, 5) is 6.46. The third-order valence-electron chi connectivity index (χ3n) is 4.64. The monoisotopic (exact) mass is 375 g/mol. The normalized spacial score (nSPS) is 18.8. The second-order valence-corrected chi connectivity index (χ2v) is 9.11. The minimum atomic E-state index is -2.96. The quantitative estimate of drug-likeness (QED) is 0.830. The Bertz CT molecular complexity index is 852. The molecule has 8 heteroatoms. The van der Waals surface area contributed by atoms with Gasteiger partial charge in [-0.3, -0.25) is 0 Å². The second-order valence-electron chi connectivity index (χ2n) is 6.89. The van der Waals surface area contributed by atoms with Gasteiger partial charge in [0.2, 0.25) is 5.95 Å². The summed E-state index contributed by atoms with van der Waals surface area (Å²) >= 11 is 0. The number of anilines is 3. The average Bonchev–Trinajstić information content (AvgIpc) is 2.96. The second kappa shape index (κ2) is 7.57. The van der Waals surface area contributed by atoms with E-state index in [0.717, 1.165) is 5.69 Å². The lowest BCUT2D eigenvalue weighted by molar-refractivity contribution is 0.598.